The third-order valence-corrected chi connectivity index (χ3v) is 9.34. The molecule has 1 fully saturated rings. The molecule has 0 radical (unpaired) electrons. The number of nitrogens with two attached hydrogens (primary N) is 1. The highest BCUT2D eigenvalue weighted by Gasteiger charge is 2.54. The van der Waals surface area contributed by atoms with E-state index < -0.39 is 50.4 Å². The summed E-state index contributed by atoms with van der Waals surface area (Å²) in [6.07, 6.45) is -2.70. The first-order valence-corrected chi connectivity index (χ1v) is 16.0. The Labute approximate surface area is 268 Å². The van der Waals surface area contributed by atoms with Crippen LogP contribution in [0.1, 0.15) is 24.8 Å². The van der Waals surface area contributed by atoms with Crippen LogP contribution < -0.4 is 20.1 Å². The normalized spacial score (nSPS) is 23.0. The maximum atomic E-state index is 14.6. The summed E-state index contributed by atoms with van der Waals surface area (Å²) in [4.78, 5) is 25.4. The van der Waals surface area contributed by atoms with E-state index in [-0.39, 0.29) is 28.7 Å². The number of carbonyl (C=O) groups is 1. The van der Waals surface area contributed by atoms with Crippen LogP contribution >= 0.6 is 7.75 Å². The van der Waals surface area contributed by atoms with Gasteiger partial charge in [0, 0.05) is 5.39 Å². The number of benzene rings is 3. The average Bonchev–Trinajstić information content (AvgIpc) is 3.59. The van der Waals surface area contributed by atoms with Crippen LogP contribution in [-0.4, -0.2) is 74.3 Å². The topological polar surface area (TPSA) is 202 Å². The molecule has 3 heterocycles. The fourth-order valence-electron chi connectivity index (χ4n) is 5.45. The van der Waals surface area contributed by atoms with Crippen molar-refractivity contribution < 1.29 is 42.8 Å². The van der Waals surface area contributed by atoms with Gasteiger partial charge >= 0.3 is 13.7 Å². The van der Waals surface area contributed by atoms with Crippen molar-refractivity contribution in [2.24, 2.45) is 0 Å². The first-order chi connectivity index (χ1) is 22.5. The molecule has 1 aliphatic heterocycles. The molecule has 47 heavy (non-hydrogen) atoms. The van der Waals surface area contributed by atoms with Gasteiger partial charge in [0.15, 0.2) is 17.4 Å². The summed E-state index contributed by atoms with van der Waals surface area (Å²) in [7, 11) is -1.89. The Hall–Kier alpha value is -4.63. The monoisotopic (exact) mass is 664 g/mol. The van der Waals surface area contributed by atoms with E-state index in [0.717, 1.165) is 5.39 Å². The Bertz CT molecular complexity index is 1950. The van der Waals surface area contributed by atoms with Crippen LogP contribution in [0.4, 0.5) is 5.95 Å². The number of ether oxygens (including phenoxy) is 3. The Morgan fingerprint density at radius 1 is 1.11 bits per heavy atom. The van der Waals surface area contributed by atoms with Gasteiger partial charge in [-0.25, -0.2) is 14.3 Å². The van der Waals surface area contributed by atoms with Gasteiger partial charge < -0.3 is 34.7 Å². The predicted molar refractivity (Wildman–Crippen MR) is 169 cm³/mol. The van der Waals surface area contributed by atoms with E-state index in [0.29, 0.717) is 10.9 Å². The summed E-state index contributed by atoms with van der Waals surface area (Å²) in [5.74, 6) is -0.527. The van der Waals surface area contributed by atoms with Crippen LogP contribution in [0.25, 0.3) is 21.9 Å². The van der Waals surface area contributed by atoms with E-state index in [1.54, 1.807) is 54.6 Å². The molecule has 6 atom stereocenters. The number of aliphatic hydroxyl groups is 2. The number of fused-ring (bicyclic) bond motifs is 2. The maximum Gasteiger partial charge on any atom is 0.459 e. The van der Waals surface area contributed by atoms with E-state index in [4.69, 9.17) is 29.0 Å². The molecule has 16 heteroatoms. The number of hydrogen-bond donors (Lipinski definition) is 4. The lowest BCUT2D eigenvalue weighted by molar-refractivity contribution is -0.143. The third kappa shape index (κ3) is 6.24. The largest absolute Gasteiger partial charge is 0.479 e. The minimum atomic E-state index is -4.49. The summed E-state index contributed by atoms with van der Waals surface area (Å²) in [5, 5.41) is 26.8. The van der Waals surface area contributed by atoms with Gasteiger partial charge in [0.2, 0.25) is 11.8 Å². The number of carbonyl (C=O) groups excluding carboxylic acids is 1. The number of anilines is 1. The number of esters is 1. The van der Waals surface area contributed by atoms with Crippen LogP contribution in [-0.2, 0) is 23.4 Å². The molecule has 1 aliphatic rings. The van der Waals surface area contributed by atoms with Crippen molar-refractivity contribution in [3.05, 3.63) is 84.7 Å². The maximum absolute atomic E-state index is 14.6. The molecule has 15 nitrogen and oxygen atoms in total. The van der Waals surface area contributed by atoms with Gasteiger partial charge in [-0.3, -0.25) is 9.09 Å². The Morgan fingerprint density at radius 2 is 1.83 bits per heavy atom. The number of nitrogen functional groups attached to an aromatic ring is 1. The molecule has 3 aromatic carbocycles. The Kier molecular flexibility index (Phi) is 8.85. The molecule has 5 aromatic rings. The van der Waals surface area contributed by atoms with E-state index >= 15 is 0 Å². The van der Waals surface area contributed by atoms with Crippen molar-refractivity contribution in [1.29, 1.82) is 0 Å². The van der Waals surface area contributed by atoms with Crippen LogP contribution in [0.3, 0.4) is 0 Å². The van der Waals surface area contributed by atoms with Crippen LogP contribution in [0, 0.1) is 0 Å². The van der Waals surface area contributed by atoms with Crippen molar-refractivity contribution in [2.75, 3.05) is 26.6 Å². The Balaban J connectivity index is 1.32. The smallest absolute Gasteiger partial charge is 0.459 e. The summed E-state index contributed by atoms with van der Waals surface area (Å²) in [6.45, 7) is 0.821. The van der Waals surface area contributed by atoms with Crippen LogP contribution in [0.5, 0.6) is 11.6 Å². The molecule has 0 amide bonds. The van der Waals surface area contributed by atoms with Crippen molar-refractivity contribution >= 4 is 41.6 Å². The average molecular weight is 665 g/mol. The van der Waals surface area contributed by atoms with E-state index in [9.17, 15) is 19.6 Å². The summed E-state index contributed by atoms with van der Waals surface area (Å²) in [5.41, 5.74) is 4.81. The highest BCUT2D eigenvalue weighted by molar-refractivity contribution is 7.52. The van der Waals surface area contributed by atoms with Crippen LogP contribution in [0.15, 0.2) is 79.1 Å². The van der Waals surface area contributed by atoms with Crippen molar-refractivity contribution in [3.63, 3.8) is 0 Å². The first-order valence-electron chi connectivity index (χ1n) is 14.5. The summed E-state index contributed by atoms with van der Waals surface area (Å²) < 4.78 is 44.3. The fourth-order valence-corrected chi connectivity index (χ4v) is 6.96. The molecule has 0 spiro atoms. The quantitative estimate of drug-likeness (QED) is 0.118. The standard InChI is InChI=1S/C31H33N6O9P/c1-31(40)25(38)22(45-29(31)37-17-33-24-26(37)34-30(32)35-27(24)42-2)16-44-47(41,36-23(28(39)43-3)19-11-5-4-6-12-19)46-21-15-9-13-18-10-7-8-14-20(18)21/h4-15,17,22-23,25,29,38,40H,16H2,1-3H3,(H,36,41)(H2,32,34,35). The van der Waals surface area contributed by atoms with E-state index in [1.807, 2.05) is 18.2 Å². The number of methoxy groups -OCH3 is 2. The molecule has 246 valence electrons. The lowest BCUT2D eigenvalue weighted by atomic mass is 9.96. The minimum absolute atomic E-state index is 0.106. The Morgan fingerprint density at radius 3 is 2.57 bits per heavy atom. The predicted octanol–water partition coefficient (Wildman–Crippen LogP) is 3.29. The highest BCUT2D eigenvalue weighted by atomic mass is 31.2. The fraction of sp³-hybridized carbons (Fsp3) is 0.290. The summed E-state index contributed by atoms with van der Waals surface area (Å²) >= 11 is 0. The number of nitrogens with one attached hydrogen (secondary N) is 1. The third-order valence-electron chi connectivity index (χ3n) is 7.84. The molecule has 0 bridgehead atoms. The molecule has 0 aliphatic carbocycles. The van der Waals surface area contributed by atoms with Gasteiger partial charge in [0.25, 0.3) is 0 Å². The zero-order valence-corrected chi connectivity index (χ0v) is 26.5. The molecular weight excluding hydrogens is 631 g/mol. The van der Waals surface area contributed by atoms with Gasteiger partial charge in [0.05, 0.1) is 27.2 Å². The highest BCUT2D eigenvalue weighted by Crippen LogP contribution is 2.50. The van der Waals surface area contributed by atoms with E-state index in [1.165, 1.54) is 32.0 Å². The lowest BCUT2D eigenvalue weighted by Gasteiger charge is -2.27. The molecule has 1 saturated heterocycles. The van der Waals surface area contributed by atoms with Crippen molar-refractivity contribution in [3.8, 4) is 11.6 Å². The number of nitrogens with zero attached hydrogens (tertiary/aromatic N) is 4. The van der Waals surface area contributed by atoms with Gasteiger partial charge in [-0.2, -0.15) is 15.1 Å². The second-order valence-corrected chi connectivity index (χ2v) is 12.7. The number of aromatic nitrogens is 4. The lowest BCUT2D eigenvalue weighted by Crippen LogP contribution is -2.44. The van der Waals surface area contributed by atoms with Gasteiger partial charge in [-0.1, -0.05) is 66.7 Å². The SMILES string of the molecule is COC(=O)C(NP(=O)(OCC1OC(n2cnc3c(OC)nc(N)nc32)C(C)(O)C1O)Oc1cccc2ccccc12)c1ccccc1. The first kappa shape index (κ1) is 32.3. The number of rotatable bonds is 11. The minimum Gasteiger partial charge on any atom is -0.479 e. The van der Waals surface area contributed by atoms with Crippen molar-refractivity contribution in [1.82, 2.24) is 24.6 Å². The molecule has 2 aromatic heterocycles. The zero-order chi connectivity index (χ0) is 33.3. The zero-order valence-electron chi connectivity index (χ0n) is 25.6. The van der Waals surface area contributed by atoms with Gasteiger partial charge in [0.1, 0.15) is 29.6 Å². The van der Waals surface area contributed by atoms with Gasteiger partial charge in [-0.15, -0.1) is 0 Å². The molecule has 6 unspecified atom stereocenters. The number of hydrogen-bond acceptors (Lipinski definition) is 13. The molecule has 6 rings (SSSR count). The second-order valence-electron chi connectivity index (χ2n) is 11.0. The van der Waals surface area contributed by atoms with Crippen LogP contribution in [0.2, 0.25) is 0 Å². The number of aliphatic hydroxyl groups excluding tert-OH is 1. The summed E-state index contributed by atoms with van der Waals surface area (Å²) in [6, 6.07) is 19.7. The second kappa shape index (κ2) is 12.9. The van der Waals surface area contributed by atoms with Gasteiger partial charge in [-0.05, 0) is 23.9 Å². The number of imidazole rings is 1. The molecule has 5 N–H and O–H groups in total. The molecular formula is C31H33N6O9P. The van der Waals surface area contributed by atoms with Crippen molar-refractivity contribution in [2.45, 2.75) is 37.0 Å². The van der Waals surface area contributed by atoms with E-state index in [2.05, 4.69) is 20.0 Å². The molecule has 0 saturated carbocycles.